The molecule has 5 nitrogen and oxygen atoms in total. The van der Waals surface area contributed by atoms with Crippen LogP contribution < -0.4 is 11.1 Å². The van der Waals surface area contributed by atoms with Crippen molar-refractivity contribution < 1.29 is 4.79 Å². The molecule has 0 aliphatic carbocycles. The van der Waals surface area contributed by atoms with Gasteiger partial charge in [-0.2, -0.15) is 5.10 Å². The average molecular weight is 374 g/mol. The smallest absolute Gasteiger partial charge is 0.270 e. The number of carbonyl (C=O) groups excluding carboxylic acids is 1. The summed E-state index contributed by atoms with van der Waals surface area (Å²) in [7, 11) is 0. The van der Waals surface area contributed by atoms with Gasteiger partial charge in [-0.15, -0.1) is 12.4 Å². The zero-order chi connectivity index (χ0) is 14.8. The van der Waals surface area contributed by atoms with Gasteiger partial charge in [-0.05, 0) is 29.8 Å². The molecule has 4 N–H and O–H groups in total. The predicted octanol–water partition coefficient (Wildman–Crippen LogP) is 2.73. The summed E-state index contributed by atoms with van der Waals surface area (Å²) < 4.78 is 0.647. The molecule has 2 aromatic rings. The summed E-state index contributed by atoms with van der Waals surface area (Å²) in [5.41, 5.74) is 7.19. The van der Waals surface area contributed by atoms with Crippen LogP contribution in [0.15, 0.2) is 34.8 Å². The van der Waals surface area contributed by atoms with Gasteiger partial charge in [0.15, 0.2) is 0 Å². The second-order valence-corrected chi connectivity index (χ2v) is 5.96. The van der Waals surface area contributed by atoms with Crippen molar-refractivity contribution in [2.45, 2.75) is 19.4 Å². The first-order valence-corrected chi connectivity index (χ1v) is 7.06. The Morgan fingerprint density at radius 2 is 2.00 bits per heavy atom. The number of aromatic amines is 1. The van der Waals surface area contributed by atoms with Gasteiger partial charge < -0.3 is 11.1 Å². The summed E-state index contributed by atoms with van der Waals surface area (Å²) in [6.07, 6.45) is 0. The number of benzene rings is 1. The van der Waals surface area contributed by atoms with Crippen molar-refractivity contribution in [2.75, 3.05) is 6.54 Å². The summed E-state index contributed by atoms with van der Waals surface area (Å²) in [6, 6.07) is 9.65. The summed E-state index contributed by atoms with van der Waals surface area (Å²) in [5, 5.41) is 9.83. The molecule has 1 amide bonds. The molecule has 0 aliphatic rings. The Balaban J connectivity index is 0.00000220. The number of nitrogens with zero attached hydrogens (tertiary/aromatic N) is 1. The Kier molecular flexibility index (Phi) is 5.95. The number of carbonyl (C=O) groups is 1. The van der Waals surface area contributed by atoms with E-state index in [1.807, 2.05) is 44.2 Å². The summed E-state index contributed by atoms with van der Waals surface area (Å²) in [5.74, 6) is -0.234. The highest BCUT2D eigenvalue weighted by atomic mass is 79.9. The number of amides is 1. The third kappa shape index (κ3) is 4.06. The molecule has 2 rings (SSSR count). The first kappa shape index (κ1) is 17.7. The van der Waals surface area contributed by atoms with E-state index < -0.39 is 5.54 Å². The van der Waals surface area contributed by atoms with Crippen molar-refractivity contribution in [3.05, 3.63) is 40.5 Å². The highest BCUT2D eigenvalue weighted by Gasteiger charge is 2.23. The molecule has 21 heavy (non-hydrogen) atoms. The molecular weight excluding hydrogens is 356 g/mol. The number of H-pyrrole nitrogens is 1. The van der Waals surface area contributed by atoms with E-state index >= 15 is 0 Å². The van der Waals surface area contributed by atoms with E-state index in [2.05, 4.69) is 31.4 Å². The zero-order valence-corrected chi connectivity index (χ0v) is 14.2. The highest BCUT2D eigenvalue weighted by Crippen LogP contribution is 2.28. The van der Waals surface area contributed by atoms with Crippen LogP contribution in [-0.4, -0.2) is 28.2 Å². The molecule has 114 valence electrons. The topological polar surface area (TPSA) is 83.8 Å². The van der Waals surface area contributed by atoms with Gasteiger partial charge in [0.05, 0.1) is 4.47 Å². The van der Waals surface area contributed by atoms with Crippen molar-refractivity contribution in [2.24, 2.45) is 5.73 Å². The highest BCUT2D eigenvalue weighted by molar-refractivity contribution is 9.10. The minimum absolute atomic E-state index is 0. The lowest BCUT2D eigenvalue weighted by molar-refractivity contribution is 0.0910. The van der Waals surface area contributed by atoms with Crippen molar-refractivity contribution in [1.29, 1.82) is 0 Å². The van der Waals surface area contributed by atoms with Crippen LogP contribution in [0.3, 0.4) is 0 Å². The standard InChI is InChI=1S/C14H17BrN4O.ClH/c1-14(2,8-16)17-13(20)12-10(15)11(18-19-12)9-6-4-3-5-7-9;/h3-7H,8,16H2,1-2H3,(H,17,20)(H,18,19);1H. The fourth-order valence-corrected chi connectivity index (χ4v) is 2.27. The largest absolute Gasteiger partial charge is 0.345 e. The van der Waals surface area contributed by atoms with Crippen LogP contribution in [0.1, 0.15) is 24.3 Å². The van der Waals surface area contributed by atoms with Gasteiger partial charge in [-0.25, -0.2) is 0 Å². The van der Waals surface area contributed by atoms with Crippen LogP contribution in [0.25, 0.3) is 11.3 Å². The van der Waals surface area contributed by atoms with Crippen molar-refractivity contribution >= 4 is 34.2 Å². The number of hydrogen-bond acceptors (Lipinski definition) is 3. The SMILES string of the molecule is CC(C)(CN)NC(=O)c1[nH]nc(-c2ccccc2)c1Br.Cl. The Labute approximate surface area is 138 Å². The number of nitrogens with one attached hydrogen (secondary N) is 2. The Bertz CT molecular complexity index is 613. The van der Waals surface area contributed by atoms with Crippen molar-refractivity contribution in [1.82, 2.24) is 15.5 Å². The molecule has 0 saturated carbocycles. The monoisotopic (exact) mass is 372 g/mol. The minimum Gasteiger partial charge on any atom is -0.345 e. The number of nitrogens with two attached hydrogens (primary N) is 1. The van der Waals surface area contributed by atoms with Gasteiger partial charge in [-0.3, -0.25) is 9.89 Å². The lowest BCUT2D eigenvalue weighted by Gasteiger charge is -2.23. The minimum atomic E-state index is -0.464. The quantitative estimate of drug-likeness (QED) is 0.770. The third-order valence-corrected chi connectivity index (χ3v) is 3.72. The van der Waals surface area contributed by atoms with Crippen LogP contribution in [-0.2, 0) is 0 Å². The van der Waals surface area contributed by atoms with E-state index in [0.717, 1.165) is 5.56 Å². The molecule has 1 aromatic heterocycles. The first-order chi connectivity index (χ1) is 9.44. The molecule has 0 bridgehead atoms. The predicted molar refractivity (Wildman–Crippen MR) is 89.6 cm³/mol. The average Bonchev–Trinajstić information content (AvgIpc) is 2.81. The van der Waals surface area contributed by atoms with Gasteiger partial charge in [0.1, 0.15) is 11.4 Å². The molecule has 7 heteroatoms. The van der Waals surface area contributed by atoms with Crippen molar-refractivity contribution in [3.8, 4) is 11.3 Å². The van der Waals surface area contributed by atoms with E-state index in [4.69, 9.17) is 5.73 Å². The second-order valence-electron chi connectivity index (χ2n) is 5.17. The molecular formula is C14H18BrClN4O. The Morgan fingerprint density at radius 3 is 2.57 bits per heavy atom. The summed E-state index contributed by atoms with van der Waals surface area (Å²) in [6.45, 7) is 4.09. The maximum Gasteiger partial charge on any atom is 0.270 e. The molecule has 1 aromatic carbocycles. The molecule has 0 unspecified atom stereocenters. The zero-order valence-electron chi connectivity index (χ0n) is 11.8. The molecule has 0 radical (unpaired) electrons. The Morgan fingerprint density at radius 1 is 1.38 bits per heavy atom. The first-order valence-electron chi connectivity index (χ1n) is 6.26. The van der Waals surface area contributed by atoms with Gasteiger partial charge in [0.2, 0.25) is 0 Å². The van der Waals surface area contributed by atoms with Crippen LogP contribution in [0.4, 0.5) is 0 Å². The number of halogens is 2. The number of rotatable bonds is 4. The summed E-state index contributed by atoms with van der Waals surface area (Å²) >= 11 is 3.43. The maximum atomic E-state index is 12.2. The number of hydrogen-bond donors (Lipinski definition) is 3. The van der Waals surface area contributed by atoms with Gasteiger partial charge in [-0.1, -0.05) is 30.3 Å². The Hall–Kier alpha value is -1.37. The van der Waals surface area contributed by atoms with E-state index in [1.165, 1.54) is 0 Å². The molecule has 0 aliphatic heterocycles. The lowest BCUT2D eigenvalue weighted by Crippen LogP contribution is -2.49. The van der Waals surface area contributed by atoms with Crippen molar-refractivity contribution in [3.63, 3.8) is 0 Å². The fraction of sp³-hybridized carbons (Fsp3) is 0.286. The van der Waals surface area contributed by atoms with Gasteiger partial charge >= 0.3 is 0 Å². The molecule has 0 saturated heterocycles. The van der Waals surface area contributed by atoms with Crippen LogP contribution >= 0.6 is 28.3 Å². The van der Waals surface area contributed by atoms with Crippen LogP contribution in [0.2, 0.25) is 0 Å². The third-order valence-electron chi connectivity index (χ3n) is 2.94. The van der Waals surface area contributed by atoms with E-state index in [1.54, 1.807) is 0 Å². The van der Waals surface area contributed by atoms with E-state index in [0.29, 0.717) is 22.4 Å². The van der Waals surface area contributed by atoms with Gasteiger partial charge in [0, 0.05) is 17.6 Å². The summed E-state index contributed by atoms with van der Waals surface area (Å²) in [4.78, 5) is 12.2. The maximum absolute atomic E-state index is 12.2. The van der Waals surface area contributed by atoms with E-state index in [9.17, 15) is 4.79 Å². The lowest BCUT2D eigenvalue weighted by atomic mass is 10.1. The van der Waals surface area contributed by atoms with Crippen LogP contribution in [0.5, 0.6) is 0 Å². The molecule has 1 heterocycles. The van der Waals surface area contributed by atoms with Crippen LogP contribution in [0, 0.1) is 0 Å². The molecule has 0 spiro atoms. The molecule has 0 fully saturated rings. The fourth-order valence-electron chi connectivity index (χ4n) is 1.69. The van der Waals surface area contributed by atoms with Gasteiger partial charge in [0.25, 0.3) is 5.91 Å². The normalized spacial score (nSPS) is 10.9. The second kappa shape index (κ2) is 7.06. The number of aromatic nitrogens is 2. The van der Waals surface area contributed by atoms with E-state index in [-0.39, 0.29) is 18.3 Å². The molecule has 0 atom stereocenters.